The molecule has 1 fully saturated rings. The summed E-state index contributed by atoms with van der Waals surface area (Å²) in [7, 11) is 0. The third-order valence-corrected chi connectivity index (χ3v) is 4.62. The van der Waals surface area contributed by atoms with Crippen molar-refractivity contribution in [2.45, 2.75) is 53.5 Å². The SMILES string of the molecule is CCNC(=NCC(C)CN1CCCC1)NCCCn1nc(C)cc1C.I. The van der Waals surface area contributed by atoms with Gasteiger partial charge in [0.15, 0.2) is 5.96 Å². The molecule has 0 amide bonds. The van der Waals surface area contributed by atoms with Gasteiger partial charge < -0.3 is 15.5 Å². The highest BCUT2D eigenvalue weighted by molar-refractivity contribution is 14.0. The predicted octanol–water partition coefficient (Wildman–Crippen LogP) is 2.80. The molecule has 1 aliphatic rings. The Morgan fingerprint density at radius 1 is 1.27 bits per heavy atom. The number of rotatable bonds is 9. The fraction of sp³-hybridized carbons (Fsp3) is 0.789. The van der Waals surface area contributed by atoms with Gasteiger partial charge in [0.2, 0.25) is 0 Å². The van der Waals surface area contributed by atoms with Crippen LogP contribution < -0.4 is 10.6 Å². The fourth-order valence-corrected chi connectivity index (χ4v) is 3.39. The smallest absolute Gasteiger partial charge is 0.191 e. The van der Waals surface area contributed by atoms with Gasteiger partial charge in [-0.15, -0.1) is 24.0 Å². The van der Waals surface area contributed by atoms with Gasteiger partial charge in [-0.2, -0.15) is 5.10 Å². The summed E-state index contributed by atoms with van der Waals surface area (Å²) in [6.45, 7) is 15.9. The Labute approximate surface area is 176 Å². The minimum atomic E-state index is 0. The maximum atomic E-state index is 4.77. The number of nitrogens with zero attached hydrogens (tertiary/aromatic N) is 4. The van der Waals surface area contributed by atoms with Crippen LogP contribution in [0, 0.1) is 19.8 Å². The molecule has 2 heterocycles. The van der Waals surface area contributed by atoms with Crippen LogP contribution in [0.15, 0.2) is 11.1 Å². The highest BCUT2D eigenvalue weighted by atomic mass is 127. The number of hydrogen-bond acceptors (Lipinski definition) is 3. The lowest BCUT2D eigenvalue weighted by Gasteiger charge is -2.19. The molecule has 1 unspecified atom stereocenters. The van der Waals surface area contributed by atoms with Crippen molar-refractivity contribution < 1.29 is 0 Å². The Morgan fingerprint density at radius 3 is 2.62 bits per heavy atom. The van der Waals surface area contributed by atoms with Crippen molar-refractivity contribution in [3.8, 4) is 0 Å². The zero-order valence-electron chi connectivity index (χ0n) is 16.9. The zero-order valence-corrected chi connectivity index (χ0v) is 19.3. The molecular weight excluding hydrogens is 439 g/mol. The van der Waals surface area contributed by atoms with Crippen molar-refractivity contribution in [2.24, 2.45) is 10.9 Å². The van der Waals surface area contributed by atoms with Gasteiger partial charge in [0.05, 0.1) is 5.69 Å². The molecule has 0 saturated carbocycles. The molecule has 1 aromatic rings. The van der Waals surface area contributed by atoms with E-state index in [0.717, 1.165) is 44.3 Å². The maximum absolute atomic E-state index is 4.77. The second kappa shape index (κ2) is 12.5. The molecule has 1 aromatic heterocycles. The molecule has 1 saturated heterocycles. The molecule has 2 rings (SSSR count). The quantitative estimate of drug-likeness (QED) is 0.249. The first-order chi connectivity index (χ1) is 12.1. The van der Waals surface area contributed by atoms with Gasteiger partial charge >= 0.3 is 0 Å². The number of guanidine groups is 1. The minimum absolute atomic E-state index is 0. The molecular formula is C19H37IN6. The van der Waals surface area contributed by atoms with Gasteiger partial charge in [0, 0.05) is 38.4 Å². The van der Waals surface area contributed by atoms with E-state index in [0.29, 0.717) is 5.92 Å². The lowest BCUT2D eigenvalue weighted by molar-refractivity contribution is 0.291. The van der Waals surface area contributed by atoms with E-state index in [-0.39, 0.29) is 24.0 Å². The molecule has 0 aromatic carbocycles. The van der Waals surface area contributed by atoms with Crippen molar-refractivity contribution in [3.05, 3.63) is 17.5 Å². The Hall–Kier alpha value is -0.830. The number of hydrogen-bond donors (Lipinski definition) is 2. The third kappa shape index (κ3) is 8.24. The summed E-state index contributed by atoms with van der Waals surface area (Å²) in [5.74, 6) is 1.53. The first-order valence-electron chi connectivity index (χ1n) is 9.84. The summed E-state index contributed by atoms with van der Waals surface area (Å²) in [5.41, 5.74) is 2.32. The van der Waals surface area contributed by atoms with Crippen molar-refractivity contribution >= 4 is 29.9 Å². The first kappa shape index (κ1) is 23.2. The normalized spacial score (nSPS) is 16.4. The van der Waals surface area contributed by atoms with E-state index in [1.165, 1.54) is 38.2 Å². The predicted molar refractivity (Wildman–Crippen MR) is 121 cm³/mol. The number of aryl methyl sites for hydroxylation is 3. The van der Waals surface area contributed by atoms with Gasteiger partial charge in [-0.1, -0.05) is 6.92 Å². The summed E-state index contributed by atoms with van der Waals surface area (Å²) >= 11 is 0. The van der Waals surface area contributed by atoms with Crippen LogP contribution in [0.1, 0.15) is 44.5 Å². The van der Waals surface area contributed by atoms with Crippen LogP contribution >= 0.6 is 24.0 Å². The molecule has 0 spiro atoms. The zero-order chi connectivity index (χ0) is 18.1. The number of nitrogens with one attached hydrogen (secondary N) is 2. The molecule has 150 valence electrons. The number of aliphatic imine (C=N–C) groups is 1. The molecule has 6 nitrogen and oxygen atoms in total. The van der Waals surface area contributed by atoms with Crippen molar-refractivity contribution in [2.75, 3.05) is 39.3 Å². The van der Waals surface area contributed by atoms with Crippen molar-refractivity contribution in [1.29, 1.82) is 0 Å². The minimum Gasteiger partial charge on any atom is -0.357 e. The van der Waals surface area contributed by atoms with Crippen LogP contribution in [-0.2, 0) is 6.54 Å². The van der Waals surface area contributed by atoms with E-state index in [2.05, 4.69) is 52.2 Å². The summed E-state index contributed by atoms with van der Waals surface area (Å²) in [6, 6.07) is 2.13. The average Bonchev–Trinajstić information content (AvgIpc) is 3.18. The summed E-state index contributed by atoms with van der Waals surface area (Å²) in [4.78, 5) is 7.33. The van der Waals surface area contributed by atoms with Gasteiger partial charge in [0.25, 0.3) is 0 Å². The van der Waals surface area contributed by atoms with Crippen LogP contribution in [-0.4, -0.2) is 59.9 Å². The van der Waals surface area contributed by atoms with E-state index < -0.39 is 0 Å². The van der Waals surface area contributed by atoms with E-state index in [4.69, 9.17) is 4.99 Å². The highest BCUT2D eigenvalue weighted by Gasteiger charge is 2.14. The Kier molecular flexibility index (Phi) is 11.2. The molecule has 7 heteroatoms. The molecule has 0 radical (unpaired) electrons. The van der Waals surface area contributed by atoms with Crippen LogP contribution in [0.25, 0.3) is 0 Å². The molecule has 1 atom stereocenters. The van der Waals surface area contributed by atoms with Gasteiger partial charge in [-0.3, -0.25) is 9.67 Å². The van der Waals surface area contributed by atoms with E-state index in [9.17, 15) is 0 Å². The lowest BCUT2D eigenvalue weighted by Crippen LogP contribution is -2.38. The molecule has 26 heavy (non-hydrogen) atoms. The van der Waals surface area contributed by atoms with Crippen molar-refractivity contribution in [1.82, 2.24) is 25.3 Å². The van der Waals surface area contributed by atoms with E-state index in [1.54, 1.807) is 0 Å². The highest BCUT2D eigenvalue weighted by Crippen LogP contribution is 2.10. The summed E-state index contributed by atoms with van der Waals surface area (Å²) in [5, 5.41) is 11.3. The topological polar surface area (TPSA) is 57.5 Å². The van der Waals surface area contributed by atoms with Crippen molar-refractivity contribution in [3.63, 3.8) is 0 Å². The summed E-state index contributed by atoms with van der Waals surface area (Å²) < 4.78 is 2.08. The Balaban J connectivity index is 0.00000338. The van der Waals surface area contributed by atoms with Gasteiger partial charge in [0.1, 0.15) is 0 Å². The second-order valence-corrected chi connectivity index (χ2v) is 7.26. The monoisotopic (exact) mass is 476 g/mol. The number of likely N-dealkylation sites (tertiary alicyclic amines) is 1. The van der Waals surface area contributed by atoms with Crippen LogP contribution in [0.2, 0.25) is 0 Å². The van der Waals surface area contributed by atoms with Gasteiger partial charge in [-0.05, 0) is 65.1 Å². The van der Waals surface area contributed by atoms with Crippen LogP contribution in [0.5, 0.6) is 0 Å². The number of halogens is 1. The van der Waals surface area contributed by atoms with E-state index in [1.807, 2.05) is 6.92 Å². The Bertz CT molecular complexity index is 536. The molecule has 0 aliphatic carbocycles. The first-order valence-corrected chi connectivity index (χ1v) is 9.84. The third-order valence-electron chi connectivity index (χ3n) is 4.62. The standard InChI is InChI=1S/C19H36N6.HI/c1-5-20-19(22-14-16(2)15-24-10-6-7-11-24)21-9-8-12-25-18(4)13-17(3)23-25;/h13,16H,5-12,14-15H2,1-4H3,(H2,20,21,22);1H. The number of aromatic nitrogens is 2. The van der Waals surface area contributed by atoms with Crippen LogP contribution in [0.3, 0.4) is 0 Å². The Morgan fingerprint density at radius 2 is 2.00 bits per heavy atom. The van der Waals surface area contributed by atoms with Gasteiger partial charge in [-0.25, -0.2) is 0 Å². The molecule has 0 bridgehead atoms. The fourth-order valence-electron chi connectivity index (χ4n) is 3.39. The molecule has 1 aliphatic heterocycles. The lowest BCUT2D eigenvalue weighted by atomic mass is 10.2. The average molecular weight is 476 g/mol. The maximum Gasteiger partial charge on any atom is 0.191 e. The van der Waals surface area contributed by atoms with E-state index >= 15 is 0 Å². The summed E-state index contributed by atoms with van der Waals surface area (Å²) in [6.07, 6.45) is 3.75. The van der Waals surface area contributed by atoms with Crippen LogP contribution in [0.4, 0.5) is 0 Å². The largest absolute Gasteiger partial charge is 0.357 e. The second-order valence-electron chi connectivity index (χ2n) is 7.26. The molecule has 2 N–H and O–H groups in total.